The summed E-state index contributed by atoms with van der Waals surface area (Å²) in [6, 6.07) is 12.0. The van der Waals surface area contributed by atoms with E-state index in [0.717, 1.165) is 30.5 Å². The summed E-state index contributed by atoms with van der Waals surface area (Å²) in [7, 11) is -3.63. The number of hydrogen-bond acceptors (Lipinski definition) is 4. The van der Waals surface area contributed by atoms with Gasteiger partial charge >= 0.3 is 0 Å². The molecule has 0 radical (unpaired) electrons. The number of benzene rings is 2. The molecule has 2 aliphatic rings. The van der Waals surface area contributed by atoms with E-state index in [-0.39, 0.29) is 40.4 Å². The van der Waals surface area contributed by atoms with Crippen molar-refractivity contribution in [3.05, 3.63) is 53.1 Å². The van der Waals surface area contributed by atoms with Crippen LogP contribution in [0.4, 0.5) is 11.4 Å². The van der Waals surface area contributed by atoms with Gasteiger partial charge < -0.3 is 10.2 Å². The number of halogens is 1. The minimum Gasteiger partial charge on any atom is -0.324 e. The zero-order valence-electron chi connectivity index (χ0n) is 17.9. The number of hydrogen-bond donors (Lipinski definition) is 1. The van der Waals surface area contributed by atoms with Crippen LogP contribution in [0.25, 0.3) is 0 Å². The van der Waals surface area contributed by atoms with Gasteiger partial charge in [0.1, 0.15) is 0 Å². The quantitative estimate of drug-likeness (QED) is 0.690. The Balaban J connectivity index is 1.51. The number of sulfonamides is 1. The monoisotopic (exact) mass is 475 g/mol. The van der Waals surface area contributed by atoms with E-state index >= 15 is 0 Å². The summed E-state index contributed by atoms with van der Waals surface area (Å²) >= 11 is 6.25. The Hall–Kier alpha value is -2.42. The molecule has 0 unspecified atom stereocenters. The lowest BCUT2D eigenvalue weighted by Gasteiger charge is -2.20. The maximum Gasteiger partial charge on any atom is 0.243 e. The predicted octanol–water partition coefficient (Wildman–Crippen LogP) is 3.68. The van der Waals surface area contributed by atoms with Crippen molar-refractivity contribution in [2.24, 2.45) is 5.92 Å². The molecule has 2 amide bonds. The number of nitrogens with one attached hydrogen (secondary N) is 1. The van der Waals surface area contributed by atoms with Crippen molar-refractivity contribution in [3.63, 3.8) is 0 Å². The van der Waals surface area contributed by atoms with E-state index in [0.29, 0.717) is 13.1 Å². The van der Waals surface area contributed by atoms with Gasteiger partial charge in [-0.25, -0.2) is 8.42 Å². The van der Waals surface area contributed by atoms with E-state index in [1.54, 1.807) is 4.90 Å². The third-order valence-corrected chi connectivity index (χ3v) is 8.28. The summed E-state index contributed by atoms with van der Waals surface area (Å²) in [6.45, 7) is 3.28. The topological polar surface area (TPSA) is 86.8 Å². The van der Waals surface area contributed by atoms with Crippen LogP contribution in [0.2, 0.25) is 5.02 Å². The van der Waals surface area contributed by atoms with E-state index in [9.17, 15) is 18.0 Å². The molecule has 1 atom stereocenters. The lowest BCUT2D eigenvalue weighted by atomic mass is 10.1. The number of nitrogens with zero attached hydrogens (tertiary/aromatic N) is 2. The van der Waals surface area contributed by atoms with E-state index in [4.69, 9.17) is 11.6 Å². The zero-order chi connectivity index (χ0) is 22.9. The highest BCUT2D eigenvalue weighted by atomic mass is 35.5. The fourth-order valence-electron chi connectivity index (χ4n) is 4.26. The van der Waals surface area contributed by atoms with Crippen molar-refractivity contribution < 1.29 is 18.0 Å². The Morgan fingerprint density at radius 3 is 2.59 bits per heavy atom. The molecule has 7 nitrogen and oxygen atoms in total. The summed E-state index contributed by atoms with van der Waals surface area (Å²) in [4.78, 5) is 27.3. The van der Waals surface area contributed by atoms with Gasteiger partial charge in [-0.2, -0.15) is 4.31 Å². The SMILES string of the molecule is CCc1ccccc1N1C[C@H](C(=O)Nc2cc(S(=O)(=O)N3CCCC3)ccc2Cl)CC1=O. The first-order valence-electron chi connectivity index (χ1n) is 10.8. The largest absolute Gasteiger partial charge is 0.324 e. The number of carbonyl (C=O) groups is 2. The van der Waals surface area contributed by atoms with E-state index in [2.05, 4.69) is 5.32 Å². The van der Waals surface area contributed by atoms with Gasteiger partial charge in [-0.3, -0.25) is 9.59 Å². The molecule has 4 rings (SSSR count). The number of amides is 2. The Morgan fingerprint density at radius 1 is 1.16 bits per heavy atom. The summed E-state index contributed by atoms with van der Waals surface area (Å²) in [6.07, 6.45) is 2.55. The van der Waals surface area contributed by atoms with Crippen LogP contribution in [-0.2, 0) is 26.0 Å². The lowest BCUT2D eigenvalue weighted by Crippen LogP contribution is -2.29. The van der Waals surface area contributed by atoms with Gasteiger partial charge in [-0.05, 0) is 49.1 Å². The number of carbonyl (C=O) groups excluding carboxylic acids is 2. The smallest absolute Gasteiger partial charge is 0.243 e. The van der Waals surface area contributed by atoms with Gasteiger partial charge in [-0.1, -0.05) is 36.7 Å². The molecule has 2 aliphatic heterocycles. The second-order valence-electron chi connectivity index (χ2n) is 8.13. The highest BCUT2D eigenvalue weighted by molar-refractivity contribution is 7.89. The summed E-state index contributed by atoms with van der Waals surface area (Å²) in [5.41, 5.74) is 2.11. The third kappa shape index (κ3) is 4.40. The maximum atomic E-state index is 13.0. The first-order chi connectivity index (χ1) is 15.3. The molecule has 2 heterocycles. The Kier molecular flexibility index (Phi) is 6.55. The second-order valence-corrected chi connectivity index (χ2v) is 10.5. The third-order valence-electron chi connectivity index (χ3n) is 6.06. The summed E-state index contributed by atoms with van der Waals surface area (Å²) < 4.78 is 27.2. The molecule has 0 aliphatic carbocycles. The molecule has 1 N–H and O–H groups in total. The molecule has 2 saturated heterocycles. The standard InChI is InChI=1S/C23H26ClN3O4S/c1-2-16-7-3-4-8-21(16)27-15-17(13-22(27)28)23(29)25-20-14-18(9-10-19(20)24)32(30,31)26-11-5-6-12-26/h3-4,7-10,14,17H,2,5-6,11-13,15H2,1H3,(H,25,29)/t17-/m1/s1. The molecule has 9 heteroatoms. The van der Waals surface area contributed by atoms with Crippen molar-refractivity contribution in [3.8, 4) is 0 Å². The maximum absolute atomic E-state index is 13.0. The molecule has 0 spiro atoms. The van der Waals surface area contributed by atoms with Gasteiger partial charge in [0.15, 0.2) is 0 Å². The molecular weight excluding hydrogens is 450 g/mol. The van der Waals surface area contributed by atoms with E-state index in [1.807, 2.05) is 31.2 Å². The number of anilines is 2. The van der Waals surface area contributed by atoms with Crippen molar-refractivity contribution in [1.82, 2.24) is 4.31 Å². The Labute approximate surface area is 193 Å². The fourth-order valence-corrected chi connectivity index (χ4v) is 5.97. The Morgan fingerprint density at radius 2 is 1.88 bits per heavy atom. The zero-order valence-corrected chi connectivity index (χ0v) is 19.5. The molecule has 2 aromatic carbocycles. The van der Waals surface area contributed by atoms with E-state index in [1.165, 1.54) is 22.5 Å². The first kappa shape index (κ1) is 22.8. The van der Waals surface area contributed by atoms with Crippen molar-refractivity contribution in [1.29, 1.82) is 0 Å². The van der Waals surface area contributed by atoms with Crippen LogP contribution in [0, 0.1) is 5.92 Å². The fraction of sp³-hybridized carbons (Fsp3) is 0.391. The Bertz CT molecular complexity index is 1150. The van der Waals surface area contributed by atoms with Gasteiger partial charge in [0.05, 0.1) is 21.5 Å². The normalized spacial score (nSPS) is 19.5. The van der Waals surface area contributed by atoms with Gasteiger partial charge in [0.2, 0.25) is 21.8 Å². The van der Waals surface area contributed by atoms with Crippen LogP contribution in [0.3, 0.4) is 0 Å². The molecule has 2 fully saturated rings. The van der Waals surface area contributed by atoms with Gasteiger partial charge in [0.25, 0.3) is 0 Å². The van der Waals surface area contributed by atoms with Crippen LogP contribution in [0.5, 0.6) is 0 Å². The highest BCUT2D eigenvalue weighted by Crippen LogP contribution is 2.32. The van der Waals surface area contributed by atoms with Crippen LogP contribution < -0.4 is 10.2 Å². The average Bonchev–Trinajstić information content (AvgIpc) is 3.45. The number of para-hydroxylation sites is 1. The minimum atomic E-state index is -3.63. The van der Waals surface area contributed by atoms with Gasteiger partial charge in [0, 0.05) is 31.7 Å². The number of rotatable bonds is 6. The summed E-state index contributed by atoms with van der Waals surface area (Å²) in [5.74, 6) is -1.02. The summed E-state index contributed by atoms with van der Waals surface area (Å²) in [5, 5.41) is 2.99. The first-order valence-corrected chi connectivity index (χ1v) is 12.6. The lowest BCUT2D eigenvalue weighted by molar-refractivity contribution is -0.122. The number of aryl methyl sites for hydroxylation is 1. The molecule has 0 saturated carbocycles. The van der Waals surface area contributed by atoms with Crippen LogP contribution in [0.15, 0.2) is 47.4 Å². The van der Waals surface area contributed by atoms with Crippen molar-refractivity contribution in [2.45, 2.75) is 37.5 Å². The van der Waals surface area contributed by atoms with E-state index < -0.39 is 15.9 Å². The molecule has 0 bridgehead atoms. The van der Waals surface area contributed by atoms with Crippen LogP contribution in [-0.4, -0.2) is 44.2 Å². The van der Waals surface area contributed by atoms with Crippen molar-refractivity contribution >= 4 is 44.8 Å². The molecule has 0 aromatic heterocycles. The molecule has 170 valence electrons. The highest BCUT2D eigenvalue weighted by Gasteiger charge is 2.36. The molecule has 32 heavy (non-hydrogen) atoms. The van der Waals surface area contributed by atoms with Crippen LogP contribution in [0.1, 0.15) is 31.7 Å². The van der Waals surface area contributed by atoms with Gasteiger partial charge in [-0.15, -0.1) is 0 Å². The predicted molar refractivity (Wildman–Crippen MR) is 124 cm³/mol. The van der Waals surface area contributed by atoms with Crippen LogP contribution >= 0.6 is 11.6 Å². The average molecular weight is 476 g/mol. The second kappa shape index (κ2) is 9.21. The van der Waals surface area contributed by atoms with Crippen molar-refractivity contribution in [2.75, 3.05) is 29.9 Å². The molecule has 2 aromatic rings. The molecular formula is C23H26ClN3O4S. The minimum absolute atomic E-state index is 0.0905.